The topological polar surface area (TPSA) is 181 Å². The zero-order valence-corrected chi connectivity index (χ0v) is 18.7. The number of halogens is 3. The molecule has 2 heterocycles. The van der Waals surface area contributed by atoms with Gasteiger partial charge in [-0.15, -0.1) is 11.3 Å². The summed E-state index contributed by atoms with van der Waals surface area (Å²) in [4.78, 5) is 23.3. The van der Waals surface area contributed by atoms with Crippen LogP contribution in [0.4, 0.5) is 23.7 Å². The maximum Gasteiger partial charge on any atom is 0.419 e. The van der Waals surface area contributed by atoms with E-state index in [0.717, 1.165) is 24.5 Å². The molecule has 1 aromatic heterocycles. The van der Waals surface area contributed by atoms with E-state index in [0.29, 0.717) is 6.07 Å². The molecule has 2 amide bonds. The predicted octanol–water partition coefficient (Wildman–Crippen LogP) is 0.890. The molecular weight excluding hydrogens is 501 g/mol. The van der Waals surface area contributed by atoms with Crippen molar-refractivity contribution >= 4 is 29.0 Å². The Hall–Kier alpha value is -2.95. The minimum absolute atomic E-state index is 0.00819. The Balaban J connectivity index is 1.99. The summed E-state index contributed by atoms with van der Waals surface area (Å²) in [5.74, 6) is -1.62. The van der Waals surface area contributed by atoms with Crippen LogP contribution in [0.5, 0.6) is 5.75 Å². The smallest absolute Gasteiger partial charge is 0.419 e. The third-order valence-corrected chi connectivity index (χ3v) is 6.19. The van der Waals surface area contributed by atoms with Gasteiger partial charge in [-0.25, -0.2) is 9.59 Å². The number of benzene rings is 1. The molecule has 0 radical (unpaired) electrons. The van der Waals surface area contributed by atoms with Crippen molar-refractivity contribution in [1.29, 1.82) is 0 Å². The highest BCUT2D eigenvalue weighted by atomic mass is 32.1. The van der Waals surface area contributed by atoms with Gasteiger partial charge in [-0.1, -0.05) is 0 Å². The highest BCUT2D eigenvalue weighted by molar-refractivity contribution is 7.18. The van der Waals surface area contributed by atoms with Gasteiger partial charge in [0.25, 0.3) is 0 Å². The summed E-state index contributed by atoms with van der Waals surface area (Å²) in [7, 11) is 1.09. The summed E-state index contributed by atoms with van der Waals surface area (Å²) < 4.78 is 56.5. The van der Waals surface area contributed by atoms with Crippen LogP contribution < -0.4 is 15.8 Å². The first-order valence-corrected chi connectivity index (χ1v) is 10.7. The van der Waals surface area contributed by atoms with Gasteiger partial charge in [0, 0.05) is 4.88 Å². The number of carbonyl (C=O) groups excluding carboxylic acids is 2. The molecule has 0 bridgehead atoms. The number of rotatable bonds is 6. The van der Waals surface area contributed by atoms with Gasteiger partial charge in [-0.05, 0) is 29.8 Å². The van der Waals surface area contributed by atoms with E-state index in [-0.39, 0.29) is 21.0 Å². The number of aliphatic hydroxyl groups is 4. The lowest BCUT2D eigenvalue weighted by Crippen LogP contribution is -2.60. The number of nitrogens with one attached hydrogen (secondary N) is 1. The fraction of sp³-hybridized carbons (Fsp3) is 0.400. The van der Waals surface area contributed by atoms with E-state index in [2.05, 4.69) is 10.1 Å². The number of aliphatic hydroxyl groups excluding tert-OH is 4. The molecule has 192 valence electrons. The van der Waals surface area contributed by atoms with E-state index in [1.54, 1.807) is 0 Å². The van der Waals surface area contributed by atoms with E-state index < -0.39 is 66.8 Å². The fourth-order valence-corrected chi connectivity index (χ4v) is 4.33. The number of primary amides is 1. The molecule has 11 nitrogen and oxygen atoms in total. The lowest BCUT2D eigenvalue weighted by Gasteiger charge is -2.39. The molecule has 1 aromatic carbocycles. The number of nitrogens with two attached hydrogens (primary N) is 1. The Kier molecular flexibility index (Phi) is 7.88. The van der Waals surface area contributed by atoms with Crippen LogP contribution in [0.25, 0.3) is 10.4 Å². The molecule has 0 spiro atoms. The zero-order valence-electron chi connectivity index (χ0n) is 17.9. The Bertz CT molecular complexity index is 1090. The maximum absolute atomic E-state index is 13.9. The minimum atomic E-state index is -4.95. The first-order chi connectivity index (χ1) is 16.4. The monoisotopic (exact) mass is 522 g/mol. The third-order valence-electron chi connectivity index (χ3n) is 5.02. The molecule has 1 saturated heterocycles. The second-order valence-electron chi connectivity index (χ2n) is 7.36. The first kappa shape index (κ1) is 26.7. The van der Waals surface area contributed by atoms with Crippen LogP contribution in [-0.4, -0.2) is 76.8 Å². The lowest BCUT2D eigenvalue weighted by atomic mass is 9.99. The van der Waals surface area contributed by atoms with E-state index in [1.165, 1.54) is 12.1 Å². The quantitative estimate of drug-likeness (QED) is 0.300. The molecule has 5 atom stereocenters. The molecule has 7 N–H and O–H groups in total. The van der Waals surface area contributed by atoms with Crippen molar-refractivity contribution < 1.29 is 57.4 Å². The van der Waals surface area contributed by atoms with Crippen molar-refractivity contribution in [2.75, 3.05) is 19.0 Å². The number of ether oxygens (including phenoxy) is 3. The van der Waals surface area contributed by atoms with E-state index >= 15 is 0 Å². The number of esters is 1. The molecule has 0 saturated carbocycles. The van der Waals surface area contributed by atoms with Crippen LogP contribution in [0.1, 0.15) is 15.2 Å². The minimum Gasteiger partial charge on any atom is -0.465 e. The molecule has 2 aromatic rings. The van der Waals surface area contributed by atoms with Gasteiger partial charge in [-0.3, -0.25) is 0 Å². The third kappa shape index (κ3) is 5.66. The number of alkyl halides is 3. The highest BCUT2D eigenvalue weighted by Crippen LogP contribution is 2.42. The van der Waals surface area contributed by atoms with Gasteiger partial charge < -0.3 is 45.7 Å². The van der Waals surface area contributed by atoms with Crippen molar-refractivity contribution in [3.05, 3.63) is 34.7 Å². The lowest BCUT2D eigenvalue weighted by molar-refractivity contribution is -0.278. The predicted molar refractivity (Wildman–Crippen MR) is 114 cm³/mol. The second-order valence-corrected chi connectivity index (χ2v) is 8.41. The van der Waals surface area contributed by atoms with Crippen LogP contribution in [0.3, 0.4) is 0 Å². The molecule has 35 heavy (non-hydrogen) atoms. The number of thiophene rings is 1. The Morgan fingerprint density at radius 3 is 2.43 bits per heavy atom. The van der Waals surface area contributed by atoms with Crippen molar-refractivity contribution in [2.24, 2.45) is 5.73 Å². The Labute approximate surface area is 199 Å². The number of carbonyl (C=O) groups is 2. The van der Waals surface area contributed by atoms with Crippen molar-refractivity contribution in [3.8, 4) is 16.2 Å². The van der Waals surface area contributed by atoms with Crippen LogP contribution in [0.2, 0.25) is 0 Å². The number of amides is 2. The number of hydrogen-bond acceptors (Lipinski definition) is 10. The molecule has 1 aliphatic rings. The zero-order chi connectivity index (χ0) is 26.1. The normalized spacial score (nSPS) is 24.6. The maximum atomic E-state index is 13.9. The van der Waals surface area contributed by atoms with Gasteiger partial charge >= 0.3 is 18.2 Å². The van der Waals surface area contributed by atoms with Gasteiger partial charge in [0.05, 0.1) is 25.0 Å². The van der Waals surface area contributed by atoms with Crippen LogP contribution in [0.15, 0.2) is 24.3 Å². The summed E-state index contributed by atoms with van der Waals surface area (Å²) in [6.45, 7) is -0.793. The average Bonchev–Trinajstić information content (AvgIpc) is 3.21. The number of hydrogen-bond donors (Lipinski definition) is 6. The number of methoxy groups -OCH3 is 1. The van der Waals surface area contributed by atoms with E-state index in [4.69, 9.17) is 15.2 Å². The molecule has 1 aliphatic heterocycles. The molecule has 3 rings (SSSR count). The standard InChI is InChI=1S/C20H21F3N2O9S/c1-32-17(30)16-9(25-19(24)31)5-12(35-16)7-2-3-10(8(4-7)20(21,22)23)33-18-15(29)14(28)13(27)11(6-26)34-18/h2-5,11,13-15,18,26-29H,6H2,1H3,(H3,24,25,31). The molecular formula is C20H21F3N2O9S. The van der Waals surface area contributed by atoms with Gasteiger partial charge in [-0.2, -0.15) is 13.2 Å². The molecule has 0 aliphatic carbocycles. The van der Waals surface area contributed by atoms with Crippen LogP contribution in [-0.2, 0) is 15.7 Å². The van der Waals surface area contributed by atoms with Crippen molar-refractivity contribution in [2.45, 2.75) is 36.9 Å². The summed E-state index contributed by atoms with van der Waals surface area (Å²) in [5, 5.41) is 41.2. The number of urea groups is 1. The second kappa shape index (κ2) is 10.3. The summed E-state index contributed by atoms with van der Waals surface area (Å²) in [6, 6.07) is 3.10. The van der Waals surface area contributed by atoms with Crippen molar-refractivity contribution in [1.82, 2.24) is 0 Å². The van der Waals surface area contributed by atoms with Crippen LogP contribution in [0, 0.1) is 0 Å². The Morgan fingerprint density at radius 1 is 1.17 bits per heavy atom. The highest BCUT2D eigenvalue weighted by Gasteiger charge is 2.45. The van der Waals surface area contributed by atoms with Gasteiger partial charge in [0.15, 0.2) is 0 Å². The molecule has 1 fully saturated rings. The molecule has 5 unspecified atom stereocenters. The summed E-state index contributed by atoms with van der Waals surface area (Å²) in [5.41, 5.74) is 3.73. The fourth-order valence-electron chi connectivity index (χ4n) is 3.30. The molecule has 15 heteroatoms. The van der Waals surface area contributed by atoms with Gasteiger partial charge in [0.2, 0.25) is 6.29 Å². The van der Waals surface area contributed by atoms with E-state index in [9.17, 15) is 43.2 Å². The summed E-state index contributed by atoms with van der Waals surface area (Å²) in [6.07, 6.45) is -13.7. The average molecular weight is 522 g/mol. The SMILES string of the molecule is COC(=O)c1sc(-c2ccc(OC3OC(CO)C(O)C(O)C3O)c(C(F)(F)F)c2)cc1NC(N)=O. The van der Waals surface area contributed by atoms with Crippen molar-refractivity contribution in [3.63, 3.8) is 0 Å². The van der Waals surface area contributed by atoms with E-state index in [1.807, 2.05) is 0 Å². The van der Waals surface area contributed by atoms with Gasteiger partial charge in [0.1, 0.15) is 35.0 Å². The Morgan fingerprint density at radius 2 is 1.86 bits per heavy atom. The van der Waals surface area contributed by atoms with Crippen LogP contribution >= 0.6 is 11.3 Å². The first-order valence-electron chi connectivity index (χ1n) is 9.84. The largest absolute Gasteiger partial charge is 0.465 e. The number of anilines is 1. The summed E-state index contributed by atoms with van der Waals surface area (Å²) >= 11 is 0.746.